The highest BCUT2D eigenvalue weighted by Gasteiger charge is 2.28. The van der Waals surface area contributed by atoms with E-state index in [-0.39, 0.29) is 17.0 Å². The van der Waals surface area contributed by atoms with Gasteiger partial charge in [-0.2, -0.15) is 0 Å². The third-order valence-electron chi connectivity index (χ3n) is 4.09. The summed E-state index contributed by atoms with van der Waals surface area (Å²) in [5, 5.41) is 10.7. The number of phenols is 1. The lowest BCUT2D eigenvalue weighted by atomic mass is 9.79. The van der Waals surface area contributed by atoms with Crippen molar-refractivity contribution in [2.24, 2.45) is 4.99 Å². The molecule has 21 heavy (non-hydrogen) atoms. The van der Waals surface area contributed by atoms with E-state index in [1.807, 2.05) is 6.21 Å². The maximum absolute atomic E-state index is 10.7. The van der Waals surface area contributed by atoms with Crippen molar-refractivity contribution in [3.05, 3.63) is 23.3 Å². The number of aliphatic imine (C=N–C) groups is 1. The molecule has 1 aliphatic rings. The zero-order chi connectivity index (χ0) is 16.0. The van der Waals surface area contributed by atoms with E-state index >= 15 is 0 Å². The highest BCUT2D eigenvalue weighted by molar-refractivity contribution is 5.72. The van der Waals surface area contributed by atoms with Gasteiger partial charge in [0.2, 0.25) is 0 Å². The lowest BCUT2D eigenvalue weighted by Gasteiger charge is -2.31. The number of benzene rings is 1. The van der Waals surface area contributed by atoms with Crippen LogP contribution in [0.2, 0.25) is 0 Å². The third-order valence-corrected chi connectivity index (χ3v) is 4.09. The number of hydrogen-bond acceptors (Lipinski definition) is 3. The van der Waals surface area contributed by atoms with E-state index < -0.39 is 0 Å². The minimum Gasteiger partial charge on any atom is -0.507 e. The van der Waals surface area contributed by atoms with Crippen LogP contribution in [0.3, 0.4) is 0 Å². The van der Waals surface area contributed by atoms with Crippen molar-refractivity contribution in [2.75, 3.05) is 11.4 Å². The topological polar surface area (TPSA) is 35.8 Å². The van der Waals surface area contributed by atoms with Crippen LogP contribution in [-0.2, 0) is 10.8 Å². The number of rotatable bonds is 1. The summed E-state index contributed by atoms with van der Waals surface area (Å²) < 4.78 is 0. The summed E-state index contributed by atoms with van der Waals surface area (Å²) in [6.45, 7) is 15.8. The average molecular weight is 288 g/mol. The Kier molecular flexibility index (Phi) is 3.81. The summed E-state index contributed by atoms with van der Waals surface area (Å²) in [4.78, 5) is 6.71. The molecule has 1 aromatic rings. The van der Waals surface area contributed by atoms with Gasteiger partial charge in [-0.05, 0) is 29.9 Å². The lowest BCUT2D eigenvalue weighted by Crippen LogP contribution is -2.29. The van der Waals surface area contributed by atoms with E-state index in [4.69, 9.17) is 0 Å². The molecule has 1 unspecified atom stereocenters. The smallest absolute Gasteiger partial charge is 0.123 e. The monoisotopic (exact) mass is 288 g/mol. The second-order valence-corrected chi connectivity index (χ2v) is 8.01. The molecule has 1 heterocycles. The number of phenolic OH excluding ortho intramolecular Hbond substituents is 1. The predicted octanol–water partition coefficient (Wildman–Crippen LogP) is 4.22. The molecule has 0 saturated heterocycles. The first kappa shape index (κ1) is 15.9. The van der Waals surface area contributed by atoms with Gasteiger partial charge in [0.15, 0.2) is 0 Å². The van der Waals surface area contributed by atoms with Crippen molar-refractivity contribution in [1.29, 1.82) is 0 Å². The highest BCUT2D eigenvalue weighted by atomic mass is 16.3. The molecule has 1 aromatic carbocycles. The van der Waals surface area contributed by atoms with Gasteiger partial charge in [-0.15, -0.1) is 0 Å². The van der Waals surface area contributed by atoms with Gasteiger partial charge in [0, 0.05) is 23.0 Å². The van der Waals surface area contributed by atoms with Crippen LogP contribution in [0.1, 0.15) is 59.6 Å². The largest absolute Gasteiger partial charge is 0.507 e. The molecule has 0 fully saturated rings. The predicted molar refractivity (Wildman–Crippen MR) is 90.8 cm³/mol. The van der Waals surface area contributed by atoms with Gasteiger partial charge in [0.25, 0.3) is 0 Å². The summed E-state index contributed by atoms with van der Waals surface area (Å²) in [7, 11) is 0. The molecule has 0 spiro atoms. The van der Waals surface area contributed by atoms with E-state index in [9.17, 15) is 5.11 Å². The first-order chi connectivity index (χ1) is 9.51. The molecule has 1 N–H and O–H groups in total. The molecule has 0 aromatic heterocycles. The number of aromatic hydroxyl groups is 1. The Bertz CT molecular complexity index is 527. The van der Waals surface area contributed by atoms with E-state index in [1.54, 1.807) is 0 Å². The van der Waals surface area contributed by atoms with E-state index in [0.717, 1.165) is 23.4 Å². The first-order valence-corrected chi connectivity index (χ1v) is 7.68. The Morgan fingerprint density at radius 2 is 1.52 bits per heavy atom. The van der Waals surface area contributed by atoms with Gasteiger partial charge in [-0.3, -0.25) is 4.99 Å². The molecule has 3 heteroatoms. The quantitative estimate of drug-likeness (QED) is 0.839. The number of hydrogen-bond donors (Lipinski definition) is 1. The van der Waals surface area contributed by atoms with Gasteiger partial charge in [-0.25, -0.2) is 0 Å². The normalized spacial score (nSPS) is 19.4. The summed E-state index contributed by atoms with van der Waals surface area (Å²) in [5.41, 5.74) is 2.97. The third kappa shape index (κ3) is 3.07. The summed E-state index contributed by atoms with van der Waals surface area (Å²) in [6, 6.07) is 4.24. The van der Waals surface area contributed by atoms with Crippen molar-refractivity contribution < 1.29 is 5.11 Å². The van der Waals surface area contributed by atoms with Crippen molar-refractivity contribution in [2.45, 2.75) is 65.5 Å². The minimum absolute atomic E-state index is 0.0933. The van der Waals surface area contributed by atoms with Gasteiger partial charge in [0.1, 0.15) is 11.9 Å². The SMILES string of the molecule is CC1N=CCN1c1cc(C(C)(C)C)c(O)c(C(C)(C)C)c1. The van der Waals surface area contributed by atoms with E-state index in [1.165, 1.54) is 0 Å². The van der Waals surface area contributed by atoms with Gasteiger partial charge >= 0.3 is 0 Å². The Labute approximate surface area is 128 Å². The van der Waals surface area contributed by atoms with Crippen LogP contribution in [0.15, 0.2) is 17.1 Å². The van der Waals surface area contributed by atoms with Gasteiger partial charge < -0.3 is 10.0 Å². The van der Waals surface area contributed by atoms with Crippen LogP contribution in [0, 0.1) is 0 Å². The average Bonchev–Trinajstić information content (AvgIpc) is 2.72. The van der Waals surface area contributed by atoms with Gasteiger partial charge in [-0.1, -0.05) is 41.5 Å². The lowest BCUT2D eigenvalue weighted by molar-refractivity contribution is 0.423. The Morgan fingerprint density at radius 3 is 1.86 bits per heavy atom. The maximum Gasteiger partial charge on any atom is 0.123 e. The fourth-order valence-electron chi connectivity index (χ4n) is 2.77. The Balaban J connectivity index is 2.63. The first-order valence-electron chi connectivity index (χ1n) is 7.68. The van der Waals surface area contributed by atoms with Crippen LogP contribution in [0.4, 0.5) is 5.69 Å². The zero-order valence-electron chi connectivity index (χ0n) is 14.4. The van der Waals surface area contributed by atoms with E-state index in [0.29, 0.717) is 5.75 Å². The molecular formula is C18H28N2O. The summed E-state index contributed by atoms with van der Waals surface area (Å²) in [6.07, 6.45) is 2.13. The van der Waals surface area contributed by atoms with Crippen molar-refractivity contribution in [1.82, 2.24) is 0 Å². The summed E-state index contributed by atoms with van der Waals surface area (Å²) >= 11 is 0. The zero-order valence-corrected chi connectivity index (χ0v) is 14.4. The van der Waals surface area contributed by atoms with Crippen LogP contribution >= 0.6 is 0 Å². The second-order valence-electron chi connectivity index (χ2n) is 8.01. The van der Waals surface area contributed by atoms with E-state index in [2.05, 4.69) is 70.5 Å². The number of anilines is 1. The molecule has 2 rings (SSSR count). The number of nitrogens with zero attached hydrogens (tertiary/aromatic N) is 2. The van der Waals surface area contributed by atoms with Crippen LogP contribution in [-0.4, -0.2) is 24.0 Å². The Morgan fingerprint density at radius 1 is 1.05 bits per heavy atom. The standard InChI is InChI=1S/C18H28N2O/c1-12-19-8-9-20(12)13-10-14(17(2,3)4)16(21)15(11-13)18(5,6)7/h8,10-12,21H,9H2,1-7H3. The van der Waals surface area contributed by atoms with Crippen molar-refractivity contribution in [3.63, 3.8) is 0 Å². The van der Waals surface area contributed by atoms with Crippen LogP contribution < -0.4 is 4.90 Å². The highest BCUT2D eigenvalue weighted by Crippen LogP contribution is 2.42. The molecule has 0 amide bonds. The molecule has 1 atom stereocenters. The molecule has 0 bridgehead atoms. The minimum atomic E-state index is -0.0933. The molecule has 3 nitrogen and oxygen atoms in total. The van der Waals surface area contributed by atoms with Crippen LogP contribution in [0.25, 0.3) is 0 Å². The van der Waals surface area contributed by atoms with Crippen LogP contribution in [0.5, 0.6) is 5.75 Å². The second kappa shape index (κ2) is 5.04. The van der Waals surface area contributed by atoms with Gasteiger partial charge in [0.05, 0.1) is 6.54 Å². The molecule has 1 aliphatic heterocycles. The molecule has 0 saturated carbocycles. The van der Waals surface area contributed by atoms with Crippen molar-refractivity contribution in [3.8, 4) is 5.75 Å². The molecule has 0 aliphatic carbocycles. The molecule has 116 valence electrons. The Hall–Kier alpha value is -1.51. The summed E-state index contributed by atoms with van der Waals surface area (Å²) in [5.74, 6) is 0.437. The molecule has 0 radical (unpaired) electrons. The van der Waals surface area contributed by atoms with Crippen molar-refractivity contribution >= 4 is 11.9 Å². The maximum atomic E-state index is 10.7. The fourth-order valence-corrected chi connectivity index (χ4v) is 2.77. The fraction of sp³-hybridized carbons (Fsp3) is 0.611. The molecular weight excluding hydrogens is 260 g/mol.